The molecule has 8 heteroatoms. The fraction of sp³-hybridized carbons (Fsp3) is 0.167. The Hall–Kier alpha value is -4.07. The Morgan fingerprint density at radius 3 is 2.38 bits per heavy atom. The fourth-order valence-electron chi connectivity index (χ4n) is 3.80. The molecule has 32 heavy (non-hydrogen) atoms. The lowest BCUT2D eigenvalue weighted by molar-refractivity contribution is 0.0747. The van der Waals surface area contributed by atoms with Crippen molar-refractivity contribution in [3.05, 3.63) is 84.7 Å². The molecule has 1 amide bonds. The van der Waals surface area contributed by atoms with E-state index in [-0.39, 0.29) is 17.6 Å². The molecular formula is C24H20FN5O2. The minimum Gasteiger partial charge on any atom is -0.436 e. The van der Waals surface area contributed by atoms with Crippen LogP contribution in [-0.4, -0.2) is 51.9 Å². The molecule has 4 aromatic rings. The molecule has 1 aliphatic rings. The van der Waals surface area contributed by atoms with Crippen LogP contribution in [0.2, 0.25) is 0 Å². The van der Waals surface area contributed by atoms with Crippen molar-refractivity contribution in [3.8, 4) is 22.8 Å². The molecule has 1 fully saturated rings. The number of rotatable bonds is 4. The summed E-state index contributed by atoms with van der Waals surface area (Å²) in [6.45, 7) is 2.47. The molecule has 5 rings (SSSR count). The quantitative estimate of drug-likeness (QED) is 0.490. The highest BCUT2D eigenvalue weighted by Gasteiger charge is 2.26. The van der Waals surface area contributed by atoms with Crippen molar-refractivity contribution in [2.24, 2.45) is 0 Å². The van der Waals surface area contributed by atoms with Crippen molar-refractivity contribution in [2.75, 3.05) is 31.1 Å². The van der Waals surface area contributed by atoms with Crippen molar-refractivity contribution in [1.29, 1.82) is 0 Å². The van der Waals surface area contributed by atoms with Crippen molar-refractivity contribution < 1.29 is 13.6 Å². The maximum Gasteiger partial charge on any atom is 0.254 e. The number of carbonyl (C=O) groups is 1. The van der Waals surface area contributed by atoms with E-state index in [1.165, 1.54) is 12.3 Å². The molecule has 0 unspecified atom stereocenters. The van der Waals surface area contributed by atoms with Gasteiger partial charge in [0, 0.05) is 44.1 Å². The molecule has 0 spiro atoms. The van der Waals surface area contributed by atoms with E-state index >= 15 is 0 Å². The topological polar surface area (TPSA) is 75.4 Å². The van der Waals surface area contributed by atoms with Gasteiger partial charge in [-0.15, -0.1) is 0 Å². The number of oxazole rings is 1. The van der Waals surface area contributed by atoms with Gasteiger partial charge in [-0.1, -0.05) is 24.3 Å². The Labute approximate surface area is 184 Å². The number of aromatic nitrogens is 3. The van der Waals surface area contributed by atoms with E-state index in [9.17, 15) is 9.18 Å². The summed E-state index contributed by atoms with van der Waals surface area (Å²) in [5.41, 5.74) is 1.41. The lowest BCUT2D eigenvalue weighted by Crippen LogP contribution is -2.49. The molecule has 1 aliphatic heterocycles. The van der Waals surface area contributed by atoms with Gasteiger partial charge in [-0.25, -0.2) is 14.4 Å². The highest BCUT2D eigenvalue weighted by Crippen LogP contribution is 2.30. The zero-order valence-electron chi connectivity index (χ0n) is 17.2. The maximum atomic E-state index is 14.1. The van der Waals surface area contributed by atoms with Gasteiger partial charge in [-0.05, 0) is 24.3 Å². The van der Waals surface area contributed by atoms with Gasteiger partial charge >= 0.3 is 0 Å². The van der Waals surface area contributed by atoms with E-state index in [2.05, 4.69) is 19.9 Å². The van der Waals surface area contributed by atoms with Crippen molar-refractivity contribution in [2.45, 2.75) is 0 Å². The Morgan fingerprint density at radius 2 is 1.62 bits per heavy atom. The van der Waals surface area contributed by atoms with Gasteiger partial charge in [-0.2, -0.15) is 0 Å². The molecule has 0 atom stereocenters. The summed E-state index contributed by atoms with van der Waals surface area (Å²) in [4.78, 5) is 30.0. The molecule has 3 heterocycles. The number of nitrogens with zero attached hydrogens (tertiary/aromatic N) is 5. The van der Waals surface area contributed by atoms with E-state index in [0.29, 0.717) is 48.6 Å². The first-order valence-electron chi connectivity index (χ1n) is 10.3. The van der Waals surface area contributed by atoms with Crippen molar-refractivity contribution >= 4 is 11.7 Å². The van der Waals surface area contributed by atoms with E-state index in [1.54, 1.807) is 48.9 Å². The van der Waals surface area contributed by atoms with Gasteiger partial charge in [0.1, 0.15) is 11.6 Å². The molecule has 7 nitrogen and oxygen atoms in total. The first kappa shape index (κ1) is 19.9. The number of benzene rings is 2. The van der Waals surface area contributed by atoms with Crippen LogP contribution < -0.4 is 4.90 Å². The number of piperazine rings is 1. The second kappa shape index (κ2) is 8.58. The standard InChI is InChI=1S/C24H20FN5O2/c25-20-8-4-3-7-19(20)21-15-28-23(32-21)17-5-1-2-6-18(17)24(31)30-13-11-29(12-14-30)22-16-26-9-10-27-22/h1-10,15-16H,11-14H2. The number of amides is 1. The number of hydrogen-bond acceptors (Lipinski definition) is 6. The monoisotopic (exact) mass is 429 g/mol. The third-order valence-electron chi connectivity index (χ3n) is 5.47. The minimum absolute atomic E-state index is 0.0926. The number of anilines is 1. The van der Waals surface area contributed by atoms with Crippen LogP contribution >= 0.6 is 0 Å². The van der Waals surface area contributed by atoms with Crippen LogP contribution in [0.1, 0.15) is 10.4 Å². The Kier molecular flexibility index (Phi) is 5.33. The van der Waals surface area contributed by atoms with Crippen LogP contribution in [0.15, 0.2) is 77.7 Å². The van der Waals surface area contributed by atoms with Gasteiger partial charge in [0.15, 0.2) is 5.76 Å². The van der Waals surface area contributed by atoms with Crippen molar-refractivity contribution in [3.63, 3.8) is 0 Å². The maximum absolute atomic E-state index is 14.1. The van der Waals surface area contributed by atoms with Gasteiger partial charge in [0.2, 0.25) is 5.89 Å². The Bertz CT molecular complexity index is 1240. The molecule has 2 aromatic carbocycles. The Morgan fingerprint density at radius 1 is 0.875 bits per heavy atom. The lowest BCUT2D eigenvalue weighted by atomic mass is 10.1. The summed E-state index contributed by atoms with van der Waals surface area (Å²) in [5.74, 6) is 0.925. The molecule has 0 N–H and O–H groups in total. The van der Waals surface area contributed by atoms with Gasteiger partial charge in [-0.3, -0.25) is 9.78 Å². The van der Waals surface area contributed by atoms with Gasteiger partial charge in [0.05, 0.1) is 23.5 Å². The summed E-state index contributed by atoms with van der Waals surface area (Å²) < 4.78 is 20.0. The highest BCUT2D eigenvalue weighted by molar-refractivity contribution is 6.00. The van der Waals surface area contributed by atoms with E-state index in [0.717, 1.165) is 5.82 Å². The summed E-state index contributed by atoms with van der Waals surface area (Å²) in [6.07, 6.45) is 6.51. The van der Waals surface area contributed by atoms with Gasteiger partial charge in [0.25, 0.3) is 5.91 Å². The molecule has 0 bridgehead atoms. The van der Waals surface area contributed by atoms with Crippen LogP contribution in [-0.2, 0) is 0 Å². The first-order valence-corrected chi connectivity index (χ1v) is 10.3. The van der Waals surface area contributed by atoms with Crippen LogP contribution in [0.4, 0.5) is 10.2 Å². The average Bonchev–Trinajstić information content (AvgIpc) is 3.34. The molecular weight excluding hydrogens is 409 g/mol. The first-order chi connectivity index (χ1) is 15.7. The largest absolute Gasteiger partial charge is 0.436 e. The summed E-state index contributed by atoms with van der Waals surface area (Å²) in [5, 5.41) is 0. The molecule has 0 aliphatic carbocycles. The zero-order valence-corrected chi connectivity index (χ0v) is 17.2. The van der Waals surface area contributed by atoms with E-state index in [1.807, 2.05) is 17.0 Å². The summed E-state index contributed by atoms with van der Waals surface area (Å²) >= 11 is 0. The minimum atomic E-state index is -0.388. The third-order valence-corrected chi connectivity index (χ3v) is 5.47. The van der Waals surface area contributed by atoms with Crippen molar-refractivity contribution in [1.82, 2.24) is 19.9 Å². The van der Waals surface area contributed by atoms with E-state index in [4.69, 9.17) is 4.42 Å². The Balaban J connectivity index is 1.36. The normalized spacial score (nSPS) is 13.9. The molecule has 2 aromatic heterocycles. The summed E-state index contributed by atoms with van der Waals surface area (Å²) in [6, 6.07) is 13.5. The predicted molar refractivity (Wildman–Crippen MR) is 117 cm³/mol. The highest BCUT2D eigenvalue weighted by atomic mass is 19.1. The second-order valence-electron chi connectivity index (χ2n) is 7.40. The SMILES string of the molecule is O=C(c1ccccc1-c1ncc(-c2ccccc2F)o1)N1CCN(c2cnccn2)CC1. The van der Waals surface area contributed by atoms with Crippen LogP contribution in [0.3, 0.4) is 0 Å². The third kappa shape index (κ3) is 3.82. The lowest BCUT2D eigenvalue weighted by Gasteiger charge is -2.35. The second-order valence-corrected chi connectivity index (χ2v) is 7.40. The molecule has 0 radical (unpaired) electrons. The number of halogens is 1. The number of hydrogen-bond donors (Lipinski definition) is 0. The van der Waals surface area contributed by atoms with E-state index < -0.39 is 0 Å². The molecule has 160 valence electrons. The van der Waals surface area contributed by atoms with Crippen LogP contribution in [0.5, 0.6) is 0 Å². The zero-order chi connectivity index (χ0) is 21.9. The van der Waals surface area contributed by atoms with Crippen LogP contribution in [0.25, 0.3) is 22.8 Å². The molecule has 0 saturated carbocycles. The predicted octanol–water partition coefficient (Wildman–Crippen LogP) is 3.90. The fourth-order valence-corrected chi connectivity index (χ4v) is 3.80. The van der Waals surface area contributed by atoms with Crippen LogP contribution in [0, 0.1) is 5.82 Å². The molecule has 1 saturated heterocycles. The van der Waals surface area contributed by atoms with Gasteiger partial charge < -0.3 is 14.2 Å². The smallest absolute Gasteiger partial charge is 0.254 e. The number of carbonyl (C=O) groups excluding carboxylic acids is 1. The summed E-state index contributed by atoms with van der Waals surface area (Å²) in [7, 11) is 0. The average molecular weight is 429 g/mol.